The highest BCUT2D eigenvalue weighted by atomic mass is 16.5. The van der Waals surface area contributed by atoms with Crippen molar-refractivity contribution in [2.45, 2.75) is 12.8 Å². The minimum Gasteiger partial charge on any atom is -0.379 e. The Balaban J connectivity index is 1.97. The number of morpholine rings is 1. The van der Waals surface area contributed by atoms with E-state index in [1.165, 1.54) is 0 Å². The molecule has 17 heavy (non-hydrogen) atoms. The molecule has 0 aliphatic carbocycles. The van der Waals surface area contributed by atoms with E-state index in [0.29, 0.717) is 12.5 Å². The Morgan fingerprint density at radius 3 is 2.88 bits per heavy atom. The number of hydrogen-bond acceptors (Lipinski definition) is 3. The van der Waals surface area contributed by atoms with Crippen LogP contribution in [0.4, 0.5) is 0 Å². The predicted octanol–water partition coefficient (Wildman–Crippen LogP) is 0.189. The van der Waals surface area contributed by atoms with Gasteiger partial charge in [0.05, 0.1) is 13.2 Å². The van der Waals surface area contributed by atoms with Gasteiger partial charge in [0, 0.05) is 26.2 Å². The highest BCUT2D eigenvalue weighted by Crippen LogP contribution is 2.00. The van der Waals surface area contributed by atoms with Crippen LogP contribution in [-0.2, 0) is 4.74 Å². The molecule has 5 nitrogen and oxygen atoms in total. The van der Waals surface area contributed by atoms with Crippen LogP contribution in [0.2, 0.25) is 0 Å². The zero-order valence-corrected chi connectivity index (χ0v) is 10.5. The minimum absolute atomic E-state index is 0.510. The van der Waals surface area contributed by atoms with Crippen molar-refractivity contribution in [3.63, 3.8) is 0 Å². The maximum atomic E-state index is 5.65. The Bertz CT molecular complexity index is 237. The van der Waals surface area contributed by atoms with Crippen molar-refractivity contribution in [3.8, 4) is 0 Å². The van der Waals surface area contributed by atoms with Crippen molar-refractivity contribution >= 4 is 5.96 Å². The SMILES string of the molecule is C=CCNC(N)=NCCCCN1CCOCC1. The molecule has 0 unspecified atom stereocenters. The Labute approximate surface area is 104 Å². The number of ether oxygens (including phenoxy) is 1. The molecule has 0 aromatic heterocycles. The minimum atomic E-state index is 0.510. The van der Waals surface area contributed by atoms with Gasteiger partial charge >= 0.3 is 0 Å². The first kappa shape index (κ1) is 14.0. The summed E-state index contributed by atoms with van der Waals surface area (Å²) < 4.78 is 5.30. The molecule has 0 spiro atoms. The Morgan fingerprint density at radius 2 is 2.18 bits per heavy atom. The van der Waals surface area contributed by atoms with E-state index in [1.807, 2.05) is 0 Å². The lowest BCUT2D eigenvalue weighted by Crippen LogP contribution is -2.36. The summed E-state index contributed by atoms with van der Waals surface area (Å²) in [7, 11) is 0. The van der Waals surface area contributed by atoms with Crippen molar-refractivity contribution in [2.24, 2.45) is 10.7 Å². The topological polar surface area (TPSA) is 62.9 Å². The molecule has 5 heteroatoms. The molecule has 0 radical (unpaired) electrons. The average Bonchev–Trinajstić information content (AvgIpc) is 2.37. The summed E-state index contributed by atoms with van der Waals surface area (Å²) in [4.78, 5) is 6.67. The molecule has 0 bridgehead atoms. The molecule has 1 rings (SSSR count). The molecule has 1 saturated heterocycles. The van der Waals surface area contributed by atoms with Crippen molar-refractivity contribution in [1.29, 1.82) is 0 Å². The lowest BCUT2D eigenvalue weighted by Gasteiger charge is -2.26. The van der Waals surface area contributed by atoms with Crippen LogP contribution in [-0.4, -0.2) is 56.8 Å². The lowest BCUT2D eigenvalue weighted by atomic mass is 10.3. The molecule has 1 aliphatic heterocycles. The van der Waals surface area contributed by atoms with Crippen LogP contribution in [0.25, 0.3) is 0 Å². The second kappa shape index (κ2) is 9.01. The van der Waals surface area contributed by atoms with E-state index in [1.54, 1.807) is 6.08 Å². The van der Waals surface area contributed by atoms with Gasteiger partial charge in [-0.3, -0.25) is 9.89 Å². The van der Waals surface area contributed by atoms with E-state index >= 15 is 0 Å². The van der Waals surface area contributed by atoms with Crippen LogP contribution in [0.15, 0.2) is 17.6 Å². The normalized spacial score (nSPS) is 18.0. The summed E-state index contributed by atoms with van der Waals surface area (Å²) in [6, 6.07) is 0. The first-order chi connectivity index (χ1) is 8.33. The standard InChI is InChI=1S/C12H24N4O/c1-2-5-14-12(13)15-6-3-4-7-16-8-10-17-11-9-16/h2H,1,3-11H2,(H3,13,14,15). The highest BCUT2D eigenvalue weighted by Gasteiger charge is 2.08. The molecule has 98 valence electrons. The molecule has 0 aromatic carbocycles. The van der Waals surface area contributed by atoms with E-state index in [9.17, 15) is 0 Å². The van der Waals surface area contributed by atoms with E-state index in [0.717, 1.165) is 52.2 Å². The number of rotatable bonds is 7. The molecule has 3 N–H and O–H groups in total. The molecule has 1 heterocycles. The number of guanidine groups is 1. The Kier molecular flexibility index (Phi) is 7.42. The molecule has 0 amide bonds. The third kappa shape index (κ3) is 6.97. The van der Waals surface area contributed by atoms with Crippen LogP contribution in [0.5, 0.6) is 0 Å². The van der Waals surface area contributed by atoms with Gasteiger partial charge in [0.15, 0.2) is 5.96 Å². The van der Waals surface area contributed by atoms with Crippen LogP contribution in [0.1, 0.15) is 12.8 Å². The molecule has 1 fully saturated rings. The summed E-state index contributed by atoms with van der Waals surface area (Å²) in [5, 5.41) is 2.96. The van der Waals surface area contributed by atoms with Crippen LogP contribution in [0.3, 0.4) is 0 Å². The van der Waals surface area contributed by atoms with Gasteiger partial charge in [0.1, 0.15) is 0 Å². The summed E-state index contributed by atoms with van der Waals surface area (Å²) in [6.45, 7) is 10.1. The number of aliphatic imine (C=N–C) groups is 1. The molecule has 1 aliphatic rings. The van der Waals surface area contributed by atoms with E-state index in [2.05, 4.69) is 21.8 Å². The summed E-state index contributed by atoms with van der Waals surface area (Å²) >= 11 is 0. The zero-order chi connectivity index (χ0) is 12.3. The van der Waals surface area contributed by atoms with Crippen LogP contribution >= 0.6 is 0 Å². The molecular weight excluding hydrogens is 216 g/mol. The van der Waals surface area contributed by atoms with Crippen LogP contribution in [0, 0.1) is 0 Å². The van der Waals surface area contributed by atoms with Crippen LogP contribution < -0.4 is 11.1 Å². The molecular formula is C12H24N4O. The monoisotopic (exact) mass is 240 g/mol. The van der Waals surface area contributed by atoms with Gasteiger partial charge in [-0.05, 0) is 19.4 Å². The van der Waals surface area contributed by atoms with Gasteiger partial charge in [-0.25, -0.2) is 0 Å². The number of nitrogens with one attached hydrogen (secondary N) is 1. The predicted molar refractivity (Wildman–Crippen MR) is 71.2 cm³/mol. The molecule has 0 saturated carbocycles. The fraction of sp³-hybridized carbons (Fsp3) is 0.750. The maximum Gasteiger partial charge on any atom is 0.188 e. The van der Waals surface area contributed by atoms with Gasteiger partial charge in [-0.15, -0.1) is 6.58 Å². The van der Waals surface area contributed by atoms with Gasteiger partial charge in [0.2, 0.25) is 0 Å². The van der Waals surface area contributed by atoms with E-state index in [-0.39, 0.29) is 0 Å². The second-order valence-electron chi connectivity index (χ2n) is 4.10. The van der Waals surface area contributed by atoms with Gasteiger partial charge < -0.3 is 15.8 Å². The lowest BCUT2D eigenvalue weighted by molar-refractivity contribution is 0.0373. The maximum absolute atomic E-state index is 5.65. The molecule has 0 aromatic rings. The number of hydrogen-bond donors (Lipinski definition) is 2. The van der Waals surface area contributed by atoms with E-state index in [4.69, 9.17) is 10.5 Å². The highest BCUT2D eigenvalue weighted by molar-refractivity contribution is 5.77. The first-order valence-electron chi connectivity index (χ1n) is 6.27. The summed E-state index contributed by atoms with van der Waals surface area (Å²) in [5.74, 6) is 0.510. The van der Waals surface area contributed by atoms with Crippen molar-refractivity contribution in [2.75, 3.05) is 45.9 Å². The Morgan fingerprint density at radius 1 is 1.41 bits per heavy atom. The van der Waals surface area contributed by atoms with Crippen molar-refractivity contribution < 1.29 is 4.74 Å². The fourth-order valence-electron chi connectivity index (χ4n) is 1.70. The average molecular weight is 240 g/mol. The Hall–Kier alpha value is -1.07. The van der Waals surface area contributed by atoms with Gasteiger partial charge in [-0.2, -0.15) is 0 Å². The summed E-state index contributed by atoms with van der Waals surface area (Å²) in [5.41, 5.74) is 5.65. The third-order valence-electron chi connectivity index (χ3n) is 2.70. The van der Waals surface area contributed by atoms with E-state index < -0.39 is 0 Å². The molecule has 0 atom stereocenters. The third-order valence-corrected chi connectivity index (χ3v) is 2.70. The zero-order valence-electron chi connectivity index (χ0n) is 10.5. The van der Waals surface area contributed by atoms with Crippen molar-refractivity contribution in [3.05, 3.63) is 12.7 Å². The van der Waals surface area contributed by atoms with Gasteiger partial charge in [0.25, 0.3) is 0 Å². The number of unbranched alkanes of at least 4 members (excludes halogenated alkanes) is 1. The largest absolute Gasteiger partial charge is 0.379 e. The van der Waals surface area contributed by atoms with Gasteiger partial charge in [-0.1, -0.05) is 6.08 Å². The summed E-state index contributed by atoms with van der Waals surface area (Å²) in [6.07, 6.45) is 4.01. The smallest absolute Gasteiger partial charge is 0.188 e. The fourth-order valence-corrected chi connectivity index (χ4v) is 1.70. The quantitative estimate of drug-likeness (QED) is 0.289. The second-order valence-corrected chi connectivity index (χ2v) is 4.10. The van der Waals surface area contributed by atoms with Crippen molar-refractivity contribution in [1.82, 2.24) is 10.2 Å². The number of nitrogens with zero attached hydrogens (tertiary/aromatic N) is 2. The first-order valence-corrected chi connectivity index (χ1v) is 6.27. The number of nitrogens with two attached hydrogens (primary N) is 1.